The fourth-order valence-corrected chi connectivity index (χ4v) is 2.60. The average molecular weight is 279 g/mol. The van der Waals surface area contributed by atoms with Crippen LogP contribution in [0.15, 0.2) is 18.2 Å². The van der Waals surface area contributed by atoms with Crippen LogP contribution in [0.5, 0.6) is 11.5 Å². The largest absolute Gasteiger partial charge is 0.454 e. The van der Waals surface area contributed by atoms with Crippen molar-refractivity contribution < 1.29 is 14.6 Å². The van der Waals surface area contributed by atoms with Crippen molar-refractivity contribution in [1.82, 2.24) is 5.32 Å². The Kier molecular flexibility index (Phi) is 4.55. The topological polar surface area (TPSA) is 50.7 Å². The van der Waals surface area contributed by atoms with Gasteiger partial charge in [-0.15, -0.1) is 0 Å². The van der Waals surface area contributed by atoms with Crippen LogP contribution < -0.4 is 14.8 Å². The van der Waals surface area contributed by atoms with E-state index in [0.29, 0.717) is 6.79 Å². The molecule has 2 rings (SSSR count). The molecule has 20 heavy (non-hydrogen) atoms. The molecule has 0 saturated heterocycles. The minimum absolute atomic E-state index is 0.0682. The second kappa shape index (κ2) is 6.02. The molecular weight excluding hydrogens is 254 g/mol. The molecule has 2 atom stereocenters. The maximum Gasteiger partial charge on any atom is 0.231 e. The summed E-state index contributed by atoms with van der Waals surface area (Å²) < 4.78 is 10.7. The van der Waals surface area contributed by atoms with Gasteiger partial charge in [0.2, 0.25) is 6.79 Å². The molecule has 1 heterocycles. The van der Waals surface area contributed by atoms with Crippen molar-refractivity contribution in [3.63, 3.8) is 0 Å². The Bertz CT molecular complexity index is 457. The predicted octanol–water partition coefficient (Wildman–Crippen LogP) is 2.86. The Morgan fingerprint density at radius 3 is 2.65 bits per heavy atom. The Balaban J connectivity index is 1.93. The highest BCUT2D eigenvalue weighted by atomic mass is 16.7. The summed E-state index contributed by atoms with van der Waals surface area (Å²) in [6.45, 7) is 9.46. The van der Waals surface area contributed by atoms with Gasteiger partial charge in [0.15, 0.2) is 11.5 Å². The van der Waals surface area contributed by atoms with E-state index in [1.54, 1.807) is 0 Å². The van der Waals surface area contributed by atoms with Gasteiger partial charge in [0, 0.05) is 12.6 Å². The van der Waals surface area contributed by atoms with Crippen LogP contribution >= 0.6 is 0 Å². The molecule has 2 N–H and O–H groups in total. The van der Waals surface area contributed by atoms with Crippen molar-refractivity contribution in [2.24, 2.45) is 5.41 Å². The number of aliphatic hydroxyl groups is 1. The maximum absolute atomic E-state index is 9.52. The van der Waals surface area contributed by atoms with Gasteiger partial charge in [-0.05, 0) is 43.4 Å². The number of fused-ring (bicyclic) bond motifs is 1. The van der Waals surface area contributed by atoms with Crippen LogP contribution in [-0.2, 0) is 0 Å². The van der Waals surface area contributed by atoms with E-state index in [1.807, 2.05) is 19.1 Å². The average Bonchev–Trinajstić information content (AvgIpc) is 2.81. The zero-order valence-corrected chi connectivity index (χ0v) is 12.8. The lowest BCUT2D eigenvalue weighted by Gasteiger charge is -2.28. The van der Waals surface area contributed by atoms with Crippen molar-refractivity contribution in [2.75, 3.05) is 13.3 Å². The number of benzene rings is 1. The quantitative estimate of drug-likeness (QED) is 0.840. The van der Waals surface area contributed by atoms with Gasteiger partial charge in [0.05, 0.1) is 6.10 Å². The van der Waals surface area contributed by atoms with Crippen molar-refractivity contribution in [1.29, 1.82) is 0 Å². The molecule has 0 aliphatic carbocycles. The molecule has 4 nitrogen and oxygen atoms in total. The fraction of sp³-hybridized carbons (Fsp3) is 0.625. The van der Waals surface area contributed by atoms with E-state index >= 15 is 0 Å². The van der Waals surface area contributed by atoms with Crippen LogP contribution in [0.1, 0.15) is 45.7 Å². The van der Waals surface area contributed by atoms with Crippen LogP contribution in [-0.4, -0.2) is 24.5 Å². The zero-order chi connectivity index (χ0) is 14.8. The fourth-order valence-electron chi connectivity index (χ4n) is 2.60. The molecule has 0 aromatic heterocycles. The molecule has 4 heteroatoms. The van der Waals surface area contributed by atoms with E-state index in [1.165, 1.54) is 5.56 Å². The van der Waals surface area contributed by atoms with E-state index in [4.69, 9.17) is 9.47 Å². The van der Waals surface area contributed by atoms with Crippen LogP contribution in [0.3, 0.4) is 0 Å². The van der Waals surface area contributed by atoms with Crippen LogP contribution in [0.4, 0.5) is 0 Å². The summed E-state index contributed by atoms with van der Waals surface area (Å²) in [4.78, 5) is 0. The van der Waals surface area contributed by atoms with E-state index in [9.17, 15) is 5.11 Å². The number of hydrogen-bond acceptors (Lipinski definition) is 4. The third-order valence-electron chi connectivity index (χ3n) is 3.63. The Labute approximate surface area is 121 Å². The minimum atomic E-state index is -0.271. The first kappa shape index (κ1) is 15.1. The lowest BCUT2D eigenvalue weighted by Crippen LogP contribution is -2.33. The Morgan fingerprint density at radius 1 is 1.25 bits per heavy atom. The minimum Gasteiger partial charge on any atom is -0.454 e. The van der Waals surface area contributed by atoms with Crippen LogP contribution in [0.25, 0.3) is 0 Å². The molecule has 0 amide bonds. The maximum atomic E-state index is 9.52. The summed E-state index contributed by atoms with van der Waals surface area (Å²) in [5, 5.41) is 13.0. The molecule has 1 aromatic carbocycles. The summed E-state index contributed by atoms with van der Waals surface area (Å²) in [6.07, 6.45) is 0.515. The number of ether oxygens (including phenoxy) is 2. The third kappa shape index (κ3) is 3.87. The predicted molar refractivity (Wildman–Crippen MR) is 79.1 cm³/mol. The van der Waals surface area contributed by atoms with E-state index < -0.39 is 0 Å². The summed E-state index contributed by atoms with van der Waals surface area (Å²) in [5.74, 6) is 1.63. The van der Waals surface area contributed by atoms with E-state index in [0.717, 1.165) is 24.5 Å². The second-order valence-electron chi connectivity index (χ2n) is 6.43. The molecule has 0 saturated carbocycles. The van der Waals surface area contributed by atoms with Crippen LogP contribution in [0.2, 0.25) is 0 Å². The van der Waals surface area contributed by atoms with Gasteiger partial charge in [0.1, 0.15) is 0 Å². The Hall–Kier alpha value is -1.26. The van der Waals surface area contributed by atoms with Gasteiger partial charge in [-0.1, -0.05) is 19.9 Å². The summed E-state index contributed by atoms with van der Waals surface area (Å²) in [7, 11) is 0. The smallest absolute Gasteiger partial charge is 0.231 e. The van der Waals surface area contributed by atoms with E-state index in [-0.39, 0.29) is 17.6 Å². The normalized spacial score (nSPS) is 17.1. The standard InChI is InChI=1S/C16H25NO3/c1-11(18)8-16(3,4)9-17-12(2)13-5-6-14-15(7-13)20-10-19-14/h5-7,11-12,17-18H,8-10H2,1-4H3. The molecule has 112 valence electrons. The first-order valence-corrected chi connectivity index (χ1v) is 7.18. The first-order chi connectivity index (χ1) is 9.37. The highest BCUT2D eigenvalue weighted by Gasteiger charge is 2.22. The van der Waals surface area contributed by atoms with Crippen molar-refractivity contribution in [2.45, 2.75) is 46.3 Å². The van der Waals surface area contributed by atoms with E-state index in [2.05, 4.69) is 32.2 Å². The lowest BCUT2D eigenvalue weighted by molar-refractivity contribution is 0.127. The molecular formula is C16H25NO3. The SMILES string of the molecule is CC(O)CC(C)(C)CNC(C)c1ccc2c(c1)OCO2. The van der Waals surface area contributed by atoms with Gasteiger partial charge >= 0.3 is 0 Å². The van der Waals surface area contributed by atoms with Crippen molar-refractivity contribution in [3.05, 3.63) is 23.8 Å². The van der Waals surface area contributed by atoms with Gasteiger partial charge in [-0.3, -0.25) is 0 Å². The molecule has 0 fully saturated rings. The monoisotopic (exact) mass is 279 g/mol. The number of aliphatic hydroxyl groups excluding tert-OH is 1. The van der Waals surface area contributed by atoms with Crippen molar-refractivity contribution in [3.8, 4) is 11.5 Å². The van der Waals surface area contributed by atoms with Gasteiger partial charge in [0.25, 0.3) is 0 Å². The molecule has 2 unspecified atom stereocenters. The van der Waals surface area contributed by atoms with Crippen LogP contribution in [0, 0.1) is 5.41 Å². The highest BCUT2D eigenvalue weighted by Crippen LogP contribution is 2.34. The second-order valence-corrected chi connectivity index (χ2v) is 6.43. The number of rotatable bonds is 6. The lowest BCUT2D eigenvalue weighted by atomic mass is 9.86. The zero-order valence-electron chi connectivity index (χ0n) is 12.8. The summed E-state index contributed by atoms with van der Waals surface area (Å²) in [5.41, 5.74) is 1.25. The molecule has 1 aromatic rings. The Morgan fingerprint density at radius 2 is 1.95 bits per heavy atom. The molecule has 0 bridgehead atoms. The summed E-state index contributed by atoms with van der Waals surface area (Å²) >= 11 is 0. The van der Waals surface area contributed by atoms with Crippen molar-refractivity contribution >= 4 is 0 Å². The third-order valence-corrected chi connectivity index (χ3v) is 3.63. The van der Waals surface area contributed by atoms with Gasteiger partial charge in [-0.25, -0.2) is 0 Å². The van der Waals surface area contributed by atoms with Gasteiger partial charge < -0.3 is 19.9 Å². The number of nitrogens with one attached hydrogen (secondary N) is 1. The first-order valence-electron chi connectivity index (χ1n) is 7.18. The molecule has 1 aliphatic heterocycles. The molecule has 0 spiro atoms. The molecule has 1 aliphatic rings. The molecule has 0 radical (unpaired) electrons. The highest BCUT2D eigenvalue weighted by molar-refractivity contribution is 5.45. The summed E-state index contributed by atoms with van der Waals surface area (Å²) in [6, 6.07) is 6.28. The van der Waals surface area contributed by atoms with Gasteiger partial charge in [-0.2, -0.15) is 0 Å². The number of hydrogen-bond donors (Lipinski definition) is 2.